The largest absolute Gasteiger partial charge is 0.539 e. The van der Waals surface area contributed by atoms with Crippen LogP contribution in [0.4, 0.5) is 0 Å². The van der Waals surface area contributed by atoms with E-state index in [-0.39, 0.29) is 0 Å². The molecule has 0 spiro atoms. The van der Waals surface area contributed by atoms with Gasteiger partial charge in [-0.25, -0.2) is 4.79 Å². The second kappa shape index (κ2) is 4.01. The van der Waals surface area contributed by atoms with Gasteiger partial charge in [0, 0.05) is 12.1 Å². The molecule has 0 saturated heterocycles. The van der Waals surface area contributed by atoms with Crippen LogP contribution >= 0.6 is 0 Å². The van der Waals surface area contributed by atoms with Crippen molar-refractivity contribution in [3.8, 4) is 11.6 Å². The normalized spacial score (nSPS) is 10.1. The molecule has 0 saturated carbocycles. The fourth-order valence-electron chi connectivity index (χ4n) is 1.22. The first-order valence-corrected chi connectivity index (χ1v) is 4.45. The van der Waals surface area contributed by atoms with Gasteiger partial charge in [0.2, 0.25) is 11.9 Å². The highest BCUT2D eigenvalue weighted by atomic mass is 16.6. The quantitative estimate of drug-likeness (QED) is 0.517. The first-order valence-electron chi connectivity index (χ1n) is 4.45. The van der Waals surface area contributed by atoms with E-state index < -0.39 is 11.9 Å². The third-order valence-electron chi connectivity index (χ3n) is 2.00. The minimum atomic E-state index is -0.531. The number of rotatable bonds is 2. The lowest BCUT2D eigenvalue weighted by atomic mass is 10.2. The average Bonchev–Trinajstić information content (AvgIpc) is 2.75. The number of esters is 1. The lowest BCUT2D eigenvalue weighted by Gasteiger charge is -1.97. The summed E-state index contributed by atoms with van der Waals surface area (Å²) in [5.74, 6) is -0.946. The van der Waals surface area contributed by atoms with Gasteiger partial charge in [-0.1, -0.05) is 0 Å². The monoisotopic (exact) mass is 220 g/mol. The van der Waals surface area contributed by atoms with Crippen LogP contribution in [0, 0.1) is 0 Å². The highest BCUT2D eigenvalue weighted by Gasteiger charge is 2.11. The van der Waals surface area contributed by atoms with E-state index in [2.05, 4.69) is 14.5 Å². The molecular weight excluding hydrogens is 212 g/mol. The van der Waals surface area contributed by atoms with Crippen molar-refractivity contribution in [3.63, 3.8) is 0 Å². The molecule has 1 aromatic carbocycles. The van der Waals surface area contributed by atoms with Crippen LogP contribution in [0.3, 0.4) is 0 Å². The average molecular weight is 220 g/mol. The van der Waals surface area contributed by atoms with Crippen molar-refractivity contribution in [2.75, 3.05) is 7.11 Å². The Balaban J connectivity index is 2.29. The topological polar surface area (TPSA) is 79.3 Å². The summed E-state index contributed by atoms with van der Waals surface area (Å²) < 4.78 is 10.2. The van der Waals surface area contributed by atoms with Gasteiger partial charge in [0.05, 0.1) is 17.9 Å². The molecule has 1 heterocycles. The van der Waals surface area contributed by atoms with Gasteiger partial charge >= 0.3 is 5.97 Å². The van der Waals surface area contributed by atoms with Crippen molar-refractivity contribution in [3.05, 3.63) is 36.0 Å². The fraction of sp³-hybridized carbons (Fsp3) is 0.100. The van der Waals surface area contributed by atoms with Crippen LogP contribution in [0.5, 0.6) is 5.95 Å². The number of carbonyl (C=O) groups is 1. The van der Waals surface area contributed by atoms with Crippen LogP contribution in [-0.2, 0) is 4.74 Å². The van der Waals surface area contributed by atoms with Gasteiger partial charge in [0.25, 0.3) is 0 Å². The zero-order valence-corrected chi connectivity index (χ0v) is 8.41. The SMILES string of the molecule is COC(=O)c1ccc(-[n+]2cc([O-])on2)cc1. The molecular formula is C10H8N2O4. The summed E-state index contributed by atoms with van der Waals surface area (Å²) in [5.41, 5.74) is 1.05. The van der Waals surface area contributed by atoms with E-state index >= 15 is 0 Å². The summed E-state index contributed by atoms with van der Waals surface area (Å²) in [6.45, 7) is 0. The molecule has 0 amide bonds. The molecule has 0 aliphatic carbocycles. The highest BCUT2D eigenvalue weighted by Crippen LogP contribution is 2.06. The predicted octanol–water partition coefficient (Wildman–Crippen LogP) is -0.189. The summed E-state index contributed by atoms with van der Waals surface area (Å²) in [4.78, 5) is 11.2. The maximum atomic E-state index is 11.2. The molecule has 0 bridgehead atoms. The molecule has 0 aliphatic heterocycles. The van der Waals surface area contributed by atoms with E-state index in [0.717, 1.165) is 0 Å². The Kier molecular flexibility index (Phi) is 2.55. The molecule has 6 nitrogen and oxygen atoms in total. The molecule has 0 unspecified atom stereocenters. The molecule has 0 atom stereocenters. The van der Waals surface area contributed by atoms with Gasteiger partial charge in [0.1, 0.15) is 5.95 Å². The van der Waals surface area contributed by atoms with Crippen LogP contribution in [0.25, 0.3) is 5.69 Å². The van der Waals surface area contributed by atoms with E-state index in [0.29, 0.717) is 11.3 Å². The molecule has 16 heavy (non-hydrogen) atoms. The van der Waals surface area contributed by atoms with Crippen molar-refractivity contribution < 1.29 is 23.8 Å². The Labute approximate surface area is 90.7 Å². The maximum absolute atomic E-state index is 11.2. The van der Waals surface area contributed by atoms with Crippen molar-refractivity contribution in [1.29, 1.82) is 0 Å². The number of methoxy groups -OCH3 is 1. The zero-order chi connectivity index (χ0) is 11.5. The van der Waals surface area contributed by atoms with Crippen molar-refractivity contribution >= 4 is 5.97 Å². The van der Waals surface area contributed by atoms with E-state index in [1.165, 1.54) is 18.0 Å². The Bertz CT molecular complexity index is 504. The molecule has 82 valence electrons. The number of aromatic nitrogens is 2. The lowest BCUT2D eigenvalue weighted by molar-refractivity contribution is -0.670. The molecule has 0 radical (unpaired) electrons. The number of hydrogen-bond acceptors (Lipinski definition) is 5. The van der Waals surface area contributed by atoms with Crippen molar-refractivity contribution in [2.45, 2.75) is 0 Å². The number of ether oxygens (including phenoxy) is 1. The molecule has 0 aliphatic rings. The standard InChI is InChI=1S/C10H8N2O4/c1-15-10(14)7-2-4-8(5-3-7)12-6-9(13)16-11-12/h2-6H,1H3. The second-order valence-electron chi connectivity index (χ2n) is 3.00. The van der Waals surface area contributed by atoms with Crippen LogP contribution < -0.4 is 9.79 Å². The van der Waals surface area contributed by atoms with Gasteiger partial charge in [0.15, 0.2) is 0 Å². The van der Waals surface area contributed by atoms with Crippen molar-refractivity contribution in [1.82, 2.24) is 5.27 Å². The van der Waals surface area contributed by atoms with Gasteiger partial charge in [-0.15, -0.1) is 0 Å². The molecule has 0 fully saturated rings. The molecule has 2 rings (SSSR count). The lowest BCUT2D eigenvalue weighted by Crippen LogP contribution is -2.31. The zero-order valence-electron chi connectivity index (χ0n) is 8.41. The van der Waals surface area contributed by atoms with Crippen LogP contribution in [0.2, 0.25) is 0 Å². The first kappa shape index (κ1) is 10.2. The van der Waals surface area contributed by atoms with E-state index in [4.69, 9.17) is 0 Å². The van der Waals surface area contributed by atoms with Gasteiger partial charge in [-0.3, -0.25) is 0 Å². The molecule has 1 aromatic heterocycles. The second-order valence-corrected chi connectivity index (χ2v) is 3.00. The Morgan fingerprint density at radius 1 is 1.44 bits per heavy atom. The van der Waals surface area contributed by atoms with Crippen LogP contribution in [-0.4, -0.2) is 18.4 Å². The fourth-order valence-corrected chi connectivity index (χ4v) is 1.22. The highest BCUT2D eigenvalue weighted by molar-refractivity contribution is 5.89. The van der Waals surface area contributed by atoms with Gasteiger partial charge in [-0.2, -0.15) is 0 Å². The Morgan fingerprint density at radius 3 is 2.62 bits per heavy atom. The Hall–Kier alpha value is -2.37. The smallest absolute Gasteiger partial charge is 0.337 e. The Morgan fingerprint density at radius 2 is 2.12 bits per heavy atom. The minimum Gasteiger partial charge on any atom is -0.539 e. The van der Waals surface area contributed by atoms with Gasteiger partial charge in [-0.05, 0) is 16.8 Å². The number of benzene rings is 1. The molecule has 2 aromatic rings. The summed E-state index contributed by atoms with van der Waals surface area (Å²) in [6.07, 6.45) is 1.20. The number of hydrogen-bond donors (Lipinski definition) is 0. The molecule has 6 heteroatoms. The minimum absolute atomic E-state index is 0.416. The summed E-state index contributed by atoms with van der Waals surface area (Å²) in [5, 5.41) is 14.3. The van der Waals surface area contributed by atoms with Crippen LogP contribution in [0.1, 0.15) is 10.4 Å². The maximum Gasteiger partial charge on any atom is 0.337 e. The number of nitrogens with zero attached hydrogens (tertiary/aromatic N) is 2. The van der Waals surface area contributed by atoms with Crippen molar-refractivity contribution in [2.24, 2.45) is 0 Å². The van der Waals surface area contributed by atoms with Crippen LogP contribution in [0.15, 0.2) is 35.0 Å². The summed E-state index contributed by atoms with van der Waals surface area (Å²) in [7, 11) is 1.31. The molecule has 0 N–H and O–H groups in total. The summed E-state index contributed by atoms with van der Waals surface area (Å²) >= 11 is 0. The van der Waals surface area contributed by atoms with E-state index in [9.17, 15) is 9.90 Å². The third kappa shape index (κ3) is 1.85. The first-order chi connectivity index (χ1) is 7.70. The van der Waals surface area contributed by atoms with Gasteiger partial charge < -0.3 is 14.4 Å². The van der Waals surface area contributed by atoms with E-state index in [1.54, 1.807) is 24.3 Å². The summed E-state index contributed by atoms with van der Waals surface area (Å²) in [6, 6.07) is 6.42. The number of carbonyl (C=O) groups excluding carboxylic acids is 1. The third-order valence-corrected chi connectivity index (χ3v) is 2.00. The van der Waals surface area contributed by atoms with E-state index in [1.807, 2.05) is 0 Å². The predicted molar refractivity (Wildman–Crippen MR) is 48.8 cm³/mol.